The molecular weight excluding hydrogens is 476 g/mol. The summed E-state index contributed by atoms with van der Waals surface area (Å²) < 4.78 is 10.7. The lowest BCUT2D eigenvalue weighted by molar-refractivity contribution is -0.161. The van der Waals surface area contributed by atoms with Crippen molar-refractivity contribution in [1.29, 1.82) is 0 Å². The molecule has 1 aromatic rings. The fraction of sp³-hybridized carbons (Fsp3) is 0.571. The van der Waals surface area contributed by atoms with E-state index in [9.17, 15) is 24.3 Å². The zero-order chi connectivity index (χ0) is 27.4. The van der Waals surface area contributed by atoms with Crippen LogP contribution in [0.5, 0.6) is 0 Å². The molecule has 0 bridgehead atoms. The third-order valence-electron chi connectivity index (χ3n) is 5.75. The number of hydrogen-bond acceptors (Lipinski definition) is 7. The predicted molar refractivity (Wildman–Crippen MR) is 138 cm³/mol. The van der Waals surface area contributed by atoms with Gasteiger partial charge in [0.2, 0.25) is 11.8 Å². The van der Waals surface area contributed by atoms with Crippen LogP contribution in [0.25, 0.3) is 0 Å². The smallest absolute Gasteiger partial charge is 0.309 e. The first kappa shape index (κ1) is 30.0. The number of esters is 2. The molecule has 0 aliphatic carbocycles. The molecule has 1 aliphatic rings. The van der Waals surface area contributed by atoms with Crippen molar-refractivity contribution in [3.63, 3.8) is 0 Å². The van der Waals surface area contributed by atoms with Gasteiger partial charge in [0.25, 0.3) is 0 Å². The van der Waals surface area contributed by atoms with Crippen molar-refractivity contribution in [3.8, 4) is 0 Å². The lowest BCUT2D eigenvalue weighted by Gasteiger charge is -2.23. The van der Waals surface area contributed by atoms with Crippen LogP contribution in [-0.2, 0) is 35.1 Å². The van der Waals surface area contributed by atoms with Gasteiger partial charge in [0, 0.05) is 6.42 Å². The molecule has 0 aromatic heterocycles. The molecule has 0 saturated carbocycles. The Labute approximate surface area is 219 Å². The van der Waals surface area contributed by atoms with Crippen LogP contribution in [0.15, 0.2) is 42.5 Å². The molecule has 0 saturated heterocycles. The maximum atomic E-state index is 12.9. The van der Waals surface area contributed by atoms with Crippen molar-refractivity contribution in [3.05, 3.63) is 48.0 Å². The maximum Gasteiger partial charge on any atom is 0.309 e. The average molecular weight is 517 g/mol. The molecule has 4 atom stereocenters. The minimum absolute atomic E-state index is 0.0539. The van der Waals surface area contributed by atoms with Gasteiger partial charge in [0.05, 0.1) is 36.9 Å². The second-order valence-electron chi connectivity index (χ2n) is 10.5. The Morgan fingerprint density at radius 3 is 2.38 bits per heavy atom. The number of ether oxygens (including phenoxy) is 2. The topological polar surface area (TPSA) is 131 Å². The minimum Gasteiger partial charge on any atom is -0.463 e. The van der Waals surface area contributed by atoms with Gasteiger partial charge in [-0.3, -0.25) is 19.2 Å². The van der Waals surface area contributed by atoms with E-state index >= 15 is 0 Å². The maximum absolute atomic E-state index is 12.9. The number of carbonyl (C=O) groups is 4. The van der Waals surface area contributed by atoms with Gasteiger partial charge in [-0.25, -0.2) is 0 Å². The minimum atomic E-state index is -0.710. The lowest BCUT2D eigenvalue weighted by atomic mass is 9.96. The number of nitrogens with one attached hydrogen (secondary N) is 2. The summed E-state index contributed by atoms with van der Waals surface area (Å²) in [5.74, 6) is -3.02. The predicted octanol–water partition coefficient (Wildman–Crippen LogP) is 2.46. The van der Waals surface area contributed by atoms with E-state index in [0.29, 0.717) is 6.42 Å². The van der Waals surface area contributed by atoms with Crippen LogP contribution < -0.4 is 10.6 Å². The van der Waals surface area contributed by atoms with E-state index in [1.165, 1.54) is 0 Å². The summed E-state index contributed by atoms with van der Waals surface area (Å²) in [6.07, 6.45) is 4.30. The fourth-order valence-corrected chi connectivity index (χ4v) is 3.95. The summed E-state index contributed by atoms with van der Waals surface area (Å²) in [7, 11) is 0. The quantitative estimate of drug-likeness (QED) is 0.357. The third-order valence-corrected chi connectivity index (χ3v) is 5.75. The van der Waals surface area contributed by atoms with Gasteiger partial charge in [0.15, 0.2) is 0 Å². The van der Waals surface area contributed by atoms with Gasteiger partial charge in [-0.05, 0) is 52.5 Å². The highest BCUT2D eigenvalue weighted by molar-refractivity contribution is 5.86. The molecule has 37 heavy (non-hydrogen) atoms. The van der Waals surface area contributed by atoms with E-state index in [4.69, 9.17) is 9.47 Å². The summed E-state index contributed by atoms with van der Waals surface area (Å²) in [6.45, 7) is 6.70. The highest BCUT2D eigenvalue weighted by Crippen LogP contribution is 2.19. The molecule has 9 nitrogen and oxygen atoms in total. The number of aliphatic hydroxyl groups is 1. The molecule has 0 radical (unpaired) electrons. The number of amides is 2. The molecule has 204 valence electrons. The van der Waals surface area contributed by atoms with Crippen LogP contribution in [0, 0.1) is 11.8 Å². The van der Waals surface area contributed by atoms with Crippen molar-refractivity contribution in [2.75, 3.05) is 13.2 Å². The average Bonchev–Trinajstić information content (AvgIpc) is 2.82. The van der Waals surface area contributed by atoms with Crippen molar-refractivity contribution < 1.29 is 33.8 Å². The third kappa shape index (κ3) is 11.6. The standard InChI is InChI=1S/C28H40N2O7/c1-19-18-36-27(35)22(16-25(33)37-28(2,3)4)13-9-8-12-21(26(34)29-19)15-24(32)30-23(17-31)14-20-10-6-5-7-11-20/h5-11,19,21-23,31H,12-18H2,1-4H3,(H,29,34)(H,30,32)/b9-8-/t19-,21+,22-,23-/m1/s1. The van der Waals surface area contributed by atoms with Crippen LogP contribution >= 0.6 is 0 Å². The summed E-state index contributed by atoms with van der Waals surface area (Å²) >= 11 is 0. The molecule has 1 aromatic carbocycles. The molecule has 3 N–H and O–H groups in total. The first-order chi connectivity index (χ1) is 17.5. The molecule has 1 aliphatic heterocycles. The second kappa shape index (κ2) is 14.5. The molecule has 2 rings (SSSR count). The second-order valence-corrected chi connectivity index (χ2v) is 10.5. The number of cyclic esters (lactones) is 1. The van der Waals surface area contributed by atoms with Crippen molar-refractivity contribution in [2.24, 2.45) is 11.8 Å². The van der Waals surface area contributed by atoms with E-state index in [0.717, 1.165) is 5.56 Å². The highest BCUT2D eigenvalue weighted by atomic mass is 16.6. The fourth-order valence-electron chi connectivity index (χ4n) is 3.95. The first-order valence-corrected chi connectivity index (χ1v) is 12.7. The monoisotopic (exact) mass is 516 g/mol. The Bertz CT molecular complexity index is 940. The summed E-state index contributed by atoms with van der Waals surface area (Å²) in [5.41, 5.74) is 0.322. The van der Waals surface area contributed by atoms with E-state index < -0.39 is 41.5 Å². The van der Waals surface area contributed by atoms with Crippen LogP contribution in [0.4, 0.5) is 0 Å². The van der Waals surface area contributed by atoms with Gasteiger partial charge in [-0.2, -0.15) is 0 Å². The number of benzene rings is 1. The van der Waals surface area contributed by atoms with Gasteiger partial charge in [0.1, 0.15) is 12.2 Å². The Hall–Kier alpha value is -3.20. The van der Waals surface area contributed by atoms with E-state index in [-0.39, 0.29) is 50.7 Å². The zero-order valence-electron chi connectivity index (χ0n) is 22.2. The molecule has 0 spiro atoms. The molecular formula is C28H40N2O7. The SMILES string of the molecule is C[C@@H]1COC(=O)[C@@H](CC(=O)OC(C)(C)C)C/C=C\C[C@@H](CC(=O)N[C@@H](CO)Cc2ccccc2)C(=O)N1. The normalized spacial score (nSPS) is 22.9. The van der Waals surface area contributed by atoms with Gasteiger partial charge >= 0.3 is 11.9 Å². The Balaban J connectivity index is 2.04. The first-order valence-electron chi connectivity index (χ1n) is 12.7. The largest absolute Gasteiger partial charge is 0.463 e. The number of aliphatic hydroxyl groups excluding tert-OH is 1. The lowest BCUT2D eigenvalue weighted by Crippen LogP contribution is -2.44. The van der Waals surface area contributed by atoms with Crippen molar-refractivity contribution >= 4 is 23.8 Å². The number of rotatable bonds is 8. The molecule has 1 heterocycles. The van der Waals surface area contributed by atoms with Crippen LogP contribution in [0.3, 0.4) is 0 Å². The number of allylic oxidation sites excluding steroid dienone is 2. The van der Waals surface area contributed by atoms with Gasteiger partial charge < -0.3 is 25.2 Å². The Morgan fingerprint density at radius 1 is 1.11 bits per heavy atom. The molecule has 0 unspecified atom stereocenters. The van der Waals surface area contributed by atoms with E-state index in [1.807, 2.05) is 30.3 Å². The molecule has 9 heteroatoms. The number of carbonyl (C=O) groups excluding carboxylic acids is 4. The van der Waals surface area contributed by atoms with Crippen molar-refractivity contribution in [2.45, 2.75) is 77.5 Å². The van der Waals surface area contributed by atoms with Crippen LogP contribution in [0.1, 0.15) is 58.9 Å². The number of hydrogen-bond donors (Lipinski definition) is 3. The van der Waals surface area contributed by atoms with Crippen LogP contribution in [-0.4, -0.2) is 59.8 Å². The zero-order valence-corrected chi connectivity index (χ0v) is 22.2. The van der Waals surface area contributed by atoms with Gasteiger partial charge in [-0.1, -0.05) is 42.5 Å². The van der Waals surface area contributed by atoms with E-state index in [1.54, 1.807) is 39.8 Å². The highest BCUT2D eigenvalue weighted by Gasteiger charge is 2.28. The van der Waals surface area contributed by atoms with Crippen molar-refractivity contribution in [1.82, 2.24) is 10.6 Å². The Kier molecular flexibility index (Phi) is 11.8. The summed E-state index contributed by atoms with van der Waals surface area (Å²) in [5, 5.41) is 15.3. The summed E-state index contributed by atoms with van der Waals surface area (Å²) in [4.78, 5) is 50.5. The Morgan fingerprint density at radius 2 is 1.76 bits per heavy atom. The van der Waals surface area contributed by atoms with E-state index in [2.05, 4.69) is 10.6 Å². The summed E-state index contributed by atoms with van der Waals surface area (Å²) in [6, 6.07) is 8.58. The van der Waals surface area contributed by atoms with Gasteiger partial charge in [-0.15, -0.1) is 0 Å². The van der Waals surface area contributed by atoms with Crippen LogP contribution in [0.2, 0.25) is 0 Å². The molecule has 0 fully saturated rings. The molecule has 2 amide bonds.